The molecular formula is C11H11BFNO2. The van der Waals surface area contributed by atoms with Crippen molar-refractivity contribution in [1.29, 1.82) is 0 Å². The number of benzene rings is 1. The van der Waals surface area contributed by atoms with Gasteiger partial charge in [0, 0.05) is 11.6 Å². The fourth-order valence-electron chi connectivity index (χ4n) is 1.89. The van der Waals surface area contributed by atoms with Gasteiger partial charge in [0.2, 0.25) is 0 Å². The molecule has 1 heterocycles. The van der Waals surface area contributed by atoms with Gasteiger partial charge in [-0.2, -0.15) is 0 Å². The van der Waals surface area contributed by atoms with E-state index in [1.165, 1.54) is 12.3 Å². The first-order valence-corrected chi connectivity index (χ1v) is 5.07. The van der Waals surface area contributed by atoms with Crippen LogP contribution in [0, 0.1) is 5.82 Å². The largest absolute Gasteiger partial charge is 0.508 e. The van der Waals surface area contributed by atoms with Gasteiger partial charge in [-0.3, -0.25) is 4.98 Å². The SMILES string of the molecule is CCc1c(F)ccc2ccnc(B(O)O)c12. The second-order valence-electron chi connectivity index (χ2n) is 3.55. The zero-order valence-corrected chi connectivity index (χ0v) is 8.81. The molecule has 0 fully saturated rings. The second-order valence-corrected chi connectivity index (χ2v) is 3.55. The number of aromatic nitrogens is 1. The normalized spacial score (nSPS) is 10.8. The van der Waals surface area contributed by atoms with Crippen molar-refractivity contribution in [2.24, 2.45) is 0 Å². The topological polar surface area (TPSA) is 53.4 Å². The number of hydrogen-bond acceptors (Lipinski definition) is 3. The van der Waals surface area contributed by atoms with Crippen molar-refractivity contribution in [3.8, 4) is 0 Å². The summed E-state index contributed by atoms with van der Waals surface area (Å²) in [5.74, 6) is -0.343. The molecule has 0 saturated carbocycles. The molecule has 0 bridgehead atoms. The minimum Gasteiger partial charge on any atom is -0.422 e. The molecule has 0 aliphatic heterocycles. The van der Waals surface area contributed by atoms with Crippen LogP contribution in [0.4, 0.5) is 4.39 Å². The summed E-state index contributed by atoms with van der Waals surface area (Å²) in [7, 11) is -1.68. The van der Waals surface area contributed by atoms with E-state index in [0.29, 0.717) is 17.4 Å². The summed E-state index contributed by atoms with van der Waals surface area (Å²) in [6.45, 7) is 1.82. The first-order chi connectivity index (χ1) is 7.65. The highest BCUT2D eigenvalue weighted by molar-refractivity contribution is 6.61. The lowest BCUT2D eigenvalue weighted by Gasteiger charge is -2.09. The van der Waals surface area contributed by atoms with Crippen LogP contribution in [0.25, 0.3) is 10.8 Å². The van der Waals surface area contributed by atoms with E-state index < -0.39 is 7.12 Å². The van der Waals surface area contributed by atoms with Crippen LogP contribution >= 0.6 is 0 Å². The van der Waals surface area contributed by atoms with E-state index in [-0.39, 0.29) is 11.4 Å². The third-order valence-electron chi connectivity index (χ3n) is 2.61. The fourth-order valence-corrected chi connectivity index (χ4v) is 1.89. The summed E-state index contributed by atoms with van der Waals surface area (Å²) in [4.78, 5) is 3.89. The predicted molar refractivity (Wildman–Crippen MR) is 60.9 cm³/mol. The third kappa shape index (κ3) is 1.68. The Morgan fingerprint density at radius 2 is 2.06 bits per heavy atom. The average Bonchev–Trinajstić information content (AvgIpc) is 2.28. The van der Waals surface area contributed by atoms with E-state index in [9.17, 15) is 14.4 Å². The molecule has 2 rings (SSSR count). The van der Waals surface area contributed by atoms with Gasteiger partial charge >= 0.3 is 7.12 Å². The Kier molecular flexibility index (Phi) is 2.89. The molecule has 2 aromatic rings. The monoisotopic (exact) mass is 219 g/mol. The molecule has 0 aliphatic carbocycles. The first kappa shape index (κ1) is 11.0. The molecule has 3 nitrogen and oxygen atoms in total. The molecule has 82 valence electrons. The minimum atomic E-state index is -1.68. The number of fused-ring (bicyclic) bond motifs is 1. The summed E-state index contributed by atoms with van der Waals surface area (Å²) in [5.41, 5.74) is 0.572. The quantitative estimate of drug-likeness (QED) is 0.727. The van der Waals surface area contributed by atoms with E-state index in [2.05, 4.69) is 4.98 Å². The maximum Gasteiger partial charge on any atom is 0.508 e. The lowest BCUT2D eigenvalue weighted by Crippen LogP contribution is -2.33. The molecule has 2 N–H and O–H groups in total. The van der Waals surface area contributed by atoms with Crippen LogP contribution < -0.4 is 5.59 Å². The van der Waals surface area contributed by atoms with Crippen molar-refractivity contribution in [2.75, 3.05) is 0 Å². The molecule has 0 amide bonds. The fraction of sp³-hybridized carbons (Fsp3) is 0.182. The maximum absolute atomic E-state index is 13.6. The van der Waals surface area contributed by atoms with Gasteiger partial charge in [-0.15, -0.1) is 0 Å². The first-order valence-electron chi connectivity index (χ1n) is 5.07. The van der Waals surface area contributed by atoms with Crippen LogP contribution in [0.3, 0.4) is 0 Å². The summed E-state index contributed by atoms with van der Waals surface area (Å²) < 4.78 is 13.6. The van der Waals surface area contributed by atoms with Crippen molar-refractivity contribution >= 4 is 23.5 Å². The Hall–Kier alpha value is -1.46. The van der Waals surface area contributed by atoms with Gasteiger partial charge in [0.25, 0.3) is 0 Å². The van der Waals surface area contributed by atoms with Crippen molar-refractivity contribution < 1.29 is 14.4 Å². The number of aryl methyl sites for hydroxylation is 1. The molecule has 16 heavy (non-hydrogen) atoms. The van der Waals surface area contributed by atoms with Crippen molar-refractivity contribution in [3.05, 3.63) is 35.8 Å². The van der Waals surface area contributed by atoms with E-state index in [0.717, 1.165) is 5.39 Å². The zero-order chi connectivity index (χ0) is 11.7. The Morgan fingerprint density at radius 1 is 1.31 bits per heavy atom. The van der Waals surface area contributed by atoms with E-state index in [4.69, 9.17) is 0 Å². The lowest BCUT2D eigenvalue weighted by molar-refractivity contribution is 0.424. The molecule has 1 aromatic heterocycles. The average molecular weight is 219 g/mol. The van der Waals surface area contributed by atoms with Gasteiger partial charge in [0.15, 0.2) is 0 Å². The Morgan fingerprint density at radius 3 is 2.69 bits per heavy atom. The Balaban J connectivity index is 2.87. The summed E-state index contributed by atoms with van der Waals surface area (Å²) in [6.07, 6.45) is 1.96. The highest BCUT2D eigenvalue weighted by atomic mass is 19.1. The standard InChI is InChI=1S/C11H11BFNO2/c1-2-8-9(13)4-3-7-5-6-14-11(10(7)8)12(15)16/h3-6,15-16H,2H2,1H3. The highest BCUT2D eigenvalue weighted by Crippen LogP contribution is 2.20. The van der Waals surface area contributed by atoms with Crippen LogP contribution in [0.1, 0.15) is 12.5 Å². The molecule has 0 unspecified atom stereocenters. The molecule has 0 radical (unpaired) electrons. The van der Waals surface area contributed by atoms with Gasteiger partial charge in [0.1, 0.15) is 5.82 Å². The molecule has 0 saturated heterocycles. The molecule has 0 aliphatic rings. The van der Waals surface area contributed by atoms with Crippen molar-refractivity contribution in [1.82, 2.24) is 4.98 Å². The Labute approximate surface area is 92.7 Å². The molecule has 0 spiro atoms. The molecule has 1 aromatic carbocycles. The molecule has 0 atom stereocenters. The Bertz CT molecular complexity index is 531. The summed E-state index contributed by atoms with van der Waals surface area (Å²) in [5, 5.41) is 19.7. The van der Waals surface area contributed by atoms with Crippen molar-refractivity contribution in [3.63, 3.8) is 0 Å². The van der Waals surface area contributed by atoms with Gasteiger partial charge in [0.05, 0.1) is 5.59 Å². The highest BCUT2D eigenvalue weighted by Gasteiger charge is 2.19. The minimum absolute atomic E-state index is 0.105. The van der Waals surface area contributed by atoms with Crippen LogP contribution in [-0.4, -0.2) is 22.2 Å². The summed E-state index contributed by atoms with van der Waals surface area (Å²) >= 11 is 0. The van der Waals surface area contributed by atoms with E-state index >= 15 is 0 Å². The maximum atomic E-state index is 13.6. The number of nitrogens with zero attached hydrogens (tertiary/aromatic N) is 1. The second kappa shape index (κ2) is 4.19. The summed E-state index contributed by atoms with van der Waals surface area (Å²) in [6, 6.07) is 4.71. The van der Waals surface area contributed by atoms with Gasteiger partial charge in [-0.1, -0.05) is 13.0 Å². The number of hydrogen-bond donors (Lipinski definition) is 2. The zero-order valence-electron chi connectivity index (χ0n) is 8.81. The molecular weight excluding hydrogens is 208 g/mol. The van der Waals surface area contributed by atoms with Gasteiger partial charge in [-0.25, -0.2) is 4.39 Å². The van der Waals surface area contributed by atoms with Gasteiger partial charge < -0.3 is 10.0 Å². The van der Waals surface area contributed by atoms with Crippen LogP contribution in [0.5, 0.6) is 0 Å². The third-order valence-corrected chi connectivity index (χ3v) is 2.61. The van der Waals surface area contributed by atoms with Crippen LogP contribution in [-0.2, 0) is 6.42 Å². The van der Waals surface area contributed by atoms with Gasteiger partial charge in [-0.05, 0) is 29.5 Å². The van der Waals surface area contributed by atoms with E-state index in [1.54, 1.807) is 12.1 Å². The van der Waals surface area contributed by atoms with E-state index in [1.807, 2.05) is 6.92 Å². The lowest BCUT2D eigenvalue weighted by atomic mass is 9.80. The molecule has 5 heteroatoms. The van der Waals surface area contributed by atoms with Crippen LogP contribution in [0.2, 0.25) is 0 Å². The number of rotatable bonds is 2. The number of pyridine rings is 1. The number of halogens is 1. The smallest absolute Gasteiger partial charge is 0.422 e. The van der Waals surface area contributed by atoms with Crippen LogP contribution in [0.15, 0.2) is 24.4 Å². The predicted octanol–water partition coefficient (Wildman–Crippen LogP) is 0.616. The van der Waals surface area contributed by atoms with Crippen molar-refractivity contribution in [2.45, 2.75) is 13.3 Å².